The Kier molecular flexibility index (Phi) is 7.96. The molecule has 2 aliphatic heterocycles. The molecule has 9 heteroatoms. The van der Waals surface area contributed by atoms with Gasteiger partial charge >= 0.3 is 0 Å². The molecule has 0 aromatic heterocycles. The van der Waals surface area contributed by atoms with Gasteiger partial charge in [0.1, 0.15) is 11.5 Å². The Bertz CT molecular complexity index is 824. The van der Waals surface area contributed by atoms with Gasteiger partial charge in [0.25, 0.3) is 10.2 Å². The van der Waals surface area contributed by atoms with Crippen LogP contribution in [0.25, 0.3) is 0 Å². The fourth-order valence-corrected chi connectivity index (χ4v) is 5.92. The normalized spacial score (nSPS) is 21.2. The zero-order valence-corrected chi connectivity index (χ0v) is 18.7. The van der Waals surface area contributed by atoms with Gasteiger partial charge in [-0.1, -0.05) is 12.5 Å². The average molecular weight is 440 g/mol. The third-order valence-corrected chi connectivity index (χ3v) is 7.91. The van der Waals surface area contributed by atoms with E-state index < -0.39 is 10.2 Å². The number of nitrogens with zero attached hydrogens (tertiary/aromatic N) is 2. The molecule has 0 unspecified atom stereocenters. The predicted octanol–water partition coefficient (Wildman–Crippen LogP) is 1.81. The Morgan fingerprint density at radius 2 is 1.80 bits per heavy atom. The summed E-state index contributed by atoms with van der Waals surface area (Å²) >= 11 is 0. The van der Waals surface area contributed by atoms with Crippen LogP contribution in [0.2, 0.25) is 0 Å². The first-order valence-corrected chi connectivity index (χ1v) is 12.1. The van der Waals surface area contributed by atoms with E-state index in [0.29, 0.717) is 45.4 Å². The maximum Gasteiger partial charge on any atom is 0.281 e. The van der Waals surface area contributed by atoms with Gasteiger partial charge in [0.05, 0.1) is 20.1 Å². The van der Waals surface area contributed by atoms with Crippen LogP contribution in [0, 0.1) is 5.92 Å². The molecule has 1 aromatic rings. The second kappa shape index (κ2) is 10.5. The van der Waals surface area contributed by atoms with Crippen LogP contribution in [0.4, 0.5) is 0 Å². The topological polar surface area (TPSA) is 88.2 Å². The van der Waals surface area contributed by atoms with Crippen LogP contribution >= 0.6 is 0 Å². The fraction of sp³-hybridized carbons (Fsp3) is 0.667. The average Bonchev–Trinajstić information content (AvgIpc) is 2.79. The summed E-state index contributed by atoms with van der Waals surface area (Å²) in [5, 5.41) is 2.97. The van der Waals surface area contributed by atoms with Crippen LogP contribution in [0.15, 0.2) is 18.2 Å². The number of amides is 1. The Hall–Kier alpha value is -1.84. The monoisotopic (exact) mass is 439 g/mol. The van der Waals surface area contributed by atoms with Crippen LogP contribution in [0.3, 0.4) is 0 Å². The summed E-state index contributed by atoms with van der Waals surface area (Å²) in [4.78, 5) is 12.7. The number of methoxy groups -OCH3 is 2. The number of hydrogen-bond donors (Lipinski definition) is 1. The molecule has 2 fully saturated rings. The van der Waals surface area contributed by atoms with Crippen molar-refractivity contribution in [1.29, 1.82) is 0 Å². The number of piperidine rings is 2. The minimum Gasteiger partial charge on any atom is -0.497 e. The Morgan fingerprint density at radius 3 is 2.50 bits per heavy atom. The van der Waals surface area contributed by atoms with Gasteiger partial charge in [0, 0.05) is 38.8 Å². The summed E-state index contributed by atoms with van der Waals surface area (Å²) < 4.78 is 39.5. The van der Waals surface area contributed by atoms with Crippen molar-refractivity contribution in [1.82, 2.24) is 13.9 Å². The third-order valence-electron chi connectivity index (χ3n) is 5.91. The van der Waals surface area contributed by atoms with E-state index in [1.54, 1.807) is 18.5 Å². The molecule has 2 saturated heterocycles. The second-order valence-corrected chi connectivity index (χ2v) is 9.81. The highest BCUT2D eigenvalue weighted by atomic mass is 32.2. The Balaban J connectivity index is 1.53. The molecule has 1 amide bonds. The summed E-state index contributed by atoms with van der Waals surface area (Å²) in [7, 11) is -0.260. The number of rotatable bonds is 8. The minimum atomic E-state index is -3.47. The molecular formula is C21H33N3O5S. The Labute approximate surface area is 179 Å². The molecular weight excluding hydrogens is 406 g/mol. The third kappa shape index (κ3) is 5.44. The zero-order valence-electron chi connectivity index (χ0n) is 17.9. The number of carbonyl (C=O) groups is 1. The zero-order chi connectivity index (χ0) is 21.6. The van der Waals surface area contributed by atoms with Crippen molar-refractivity contribution >= 4 is 16.1 Å². The highest BCUT2D eigenvalue weighted by Crippen LogP contribution is 2.25. The molecule has 0 bridgehead atoms. The SMILES string of the molecule is COc1ccc(CCNC(=O)[C@@H]2CCCN(S(=O)(=O)N3CCCCC3)C2)c(OC)c1. The lowest BCUT2D eigenvalue weighted by Crippen LogP contribution is -2.51. The van der Waals surface area contributed by atoms with Crippen molar-refractivity contribution in [2.45, 2.75) is 38.5 Å². The molecule has 0 radical (unpaired) electrons. The first-order valence-electron chi connectivity index (χ1n) is 10.7. The smallest absolute Gasteiger partial charge is 0.281 e. The van der Waals surface area contributed by atoms with Crippen molar-refractivity contribution in [3.8, 4) is 11.5 Å². The largest absolute Gasteiger partial charge is 0.497 e. The molecule has 2 heterocycles. The first kappa shape index (κ1) is 22.8. The number of benzene rings is 1. The van der Waals surface area contributed by atoms with Gasteiger partial charge < -0.3 is 14.8 Å². The maximum atomic E-state index is 12.9. The molecule has 1 atom stereocenters. The molecule has 0 spiro atoms. The molecule has 8 nitrogen and oxygen atoms in total. The van der Waals surface area contributed by atoms with Crippen molar-refractivity contribution in [2.24, 2.45) is 5.92 Å². The Morgan fingerprint density at radius 1 is 1.07 bits per heavy atom. The van der Waals surface area contributed by atoms with E-state index in [1.165, 1.54) is 4.31 Å². The summed E-state index contributed by atoms with van der Waals surface area (Å²) in [6.07, 6.45) is 4.94. The van der Waals surface area contributed by atoms with Gasteiger partial charge in [-0.15, -0.1) is 0 Å². The van der Waals surface area contributed by atoms with E-state index in [4.69, 9.17) is 9.47 Å². The van der Waals surface area contributed by atoms with Crippen LogP contribution < -0.4 is 14.8 Å². The van der Waals surface area contributed by atoms with Gasteiger partial charge in [0.15, 0.2) is 0 Å². The quantitative estimate of drug-likeness (QED) is 0.667. The molecule has 3 rings (SSSR count). The predicted molar refractivity (Wildman–Crippen MR) is 115 cm³/mol. The van der Waals surface area contributed by atoms with E-state index in [1.807, 2.05) is 18.2 Å². The standard InChI is InChI=1S/C21H33N3O5S/c1-28-19-9-8-17(20(15-19)29-2)10-11-22-21(25)18-7-6-14-24(16-18)30(26,27)23-12-4-3-5-13-23/h8-9,15,18H,3-7,10-14,16H2,1-2H3,(H,22,25)/t18-/m1/s1. The summed E-state index contributed by atoms with van der Waals surface area (Å²) in [6.45, 7) is 2.39. The van der Waals surface area contributed by atoms with Crippen LogP contribution in [0.1, 0.15) is 37.7 Å². The van der Waals surface area contributed by atoms with Gasteiger partial charge in [-0.25, -0.2) is 0 Å². The van der Waals surface area contributed by atoms with Crippen LogP contribution in [-0.4, -0.2) is 69.9 Å². The van der Waals surface area contributed by atoms with Crippen molar-refractivity contribution < 1.29 is 22.7 Å². The van der Waals surface area contributed by atoms with Crippen LogP contribution in [0.5, 0.6) is 11.5 Å². The van der Waals surface area contributed by atoms with E-state index in [-0.39, 0.29) is 18.4 Å². The highest BCUT2D eigenvalue weighted by molar-refractivity contribution is 7.86. The molecule has 30 heavy (non-hydrogen) atoms. The number of carbonyl (C=O) groups excluding carboxylic acids is 1. The van der Waals surface area contributed by atoms with Gasteiger partial charge in [0.2, 0.25) is 5.91 Å². The lowest BCUT2D eigenvalue weighted by molar-refractivity contribution is -0.126. The summed E-state index contributed by atoms with van der Waals surface area (Å²) in [6, 6.07) is 5.61. The van der Waals surface area contributed by atoms with Crippen molar-refractivity contribution in [3.05, 3.63) is 23.8 Å². The van der Waals surface area contributed by atoms with E-state index in [9.17, 15) is 13.2 Å². The lowest BCUT2D eigenvalue weighted by Gasteiger charge is -2.36. The molecule has 1 N–H and O–H groups in total. The summed E-state index contributed by atoms with van der Waals surface area (Å²) in [5.74, 6) is 1.05. The van der Waals surface area contributed by atoms with Gasteiger partial charge in [-0.3, -0.25) is 4.79 Å². The number of ether oxygens (including phenoxy) is 2. The summed E-state index contributed by atoms with van der Waals surface area (Å²) in [5.41, 5.74) is 0.983. The molecule has 2 aliphatic rings. The minimum absolute atomic E-state index is 0.0824. The molecule has 168 valence electrons. The van der Waals surface area contributed by atoms with Gasteiger partial charge in [-0.05, 0) is 43.7 Å². The lowest BCUT2D eigenvalue weighted by atomic mass is 9.98. The second-order valence-electron chi connectivity index (χ2n) is 7.88. The fourth-order valence-electron chi connectivity index (χ4n) is 4.15. The van der Waals surface area contributed by atoms with E-state index >= 15 is 0 Å². The van der Waals surface area contributed by atoms with Crippen molar-refractivity contribution in [2.75, 3.05) is 46.9 Å². The number of nitrogens with one attached hydrogen (secondary N) is 1. The first-order chi connectivity index (χ1) is 14.5. The highest BCUT2D eigenvalue weighted by Gasteiger charge is 2.36. The van der Waals surface area contributed by atoms with Gasteiger partial charge in [-0.2, -0.15) is 17.0 Å². The molecule has 0 saturated carbocycles. The van der Waals surface area contributed by atoms with E-state index in [2.05, 4.69) is 5.32 Å². The molecule has 0 aliphatic carbocycles. The van der Waals surface area contributed by atoms with Crippen molar-refractivity contribution in [3.63, 3.8) is 0 Å². The number of hydrogen-bond acceptors (Lipinski definition) is 5. The maximum absolute atomic E-state index is 12.9. The molecule has 1 aromatic carbocycles. The van der Waals surface area contributed by atoms with Crippen LogP contribution in [-0.2, 0) is 21.4 Å². The van der Waals surface area contributed by atoms with E-state index in [0.717, 1.165) is 36.3 Å².